The van der Waals surface area contributed by atoms with Gasteiger partial charge in [-0.05, 0) is 53.0 Å². The van der Waals surface area contributed by atoms with Crippen molar-refractivity contribution in [1.29, 1.82) is 0 Å². The first-order valence-corrected chi connectivity index (χ1v) is 9.30. The Morgan fingerprint density at radius 2 is 2.00 bits per heavy atom. The Morgan fingerprint density at radius 1 is 1.24 bits per heavy atom. The Hall–Kier alpha value is -0.350. The van der Waals surface area contributed by atoms with Crippen molar-refractivity contribution in [3.05, 3.63) is 44.7 Å². The van der Waals surface area contributed by atoms with E-state index in [1.807, 2.05) is 23.5 Å². The smallest absolute Gasteiger partial charge is 0.0554 e. The topological polar surface area (TPSA) is 12.0 Å². The van der Waals surface area contributed by atoms with Crippen LogP contribution in [0.25, 0.3) is 10.4 Å². The molecule has 1 aromatic heterocycles. The Balaban J connectivity index is 2.29. The van der Waals surface area contributed by atoms with Gasteiger partial charge in [-0.1, -0.05) is 44.5 Å². The van der Waals surface area contributed by atoms with E-state index in [1.54, 1.807) is 0 Å². The van der Waals surface area contributed by atoms with Gasteiger partial charge in [-0.2, -0.15) is 0 Å². The van der Waals surface area contributed by atoms with Crippen molar-refractivity contribution in [2.24, 2.45) is 5.92 Å². The number of thiophene rings is 1. The van der Waals surface area contributed by atoms with Gasteiger partial charge in [0.2, 0.25) is 0 Å². The van der Waals surface area contributed by atoms with Crippen molar-refractivity contribution in [2.45, 2.75) is 33.2 Å². The summed E-state index contributed by atoms with van der Waals surface area (Å²) in [6.45, 7) is 7.79. The predicted octanol–water partition coefficient (Wildman–Crippen LogP) is 6.53. The van der Waals surface area contributed by atoms with Crippen LogP contribution in [0.5, 0.6) is 0 Å². The van der Waals surface area contributed by atoms with Crippen LogP contribution in [-0.2, 0) is 0 Å². The molecule has 0 saturated carbocycles. The largest absolute Gasteiger partial charge is 0.309 e. The highest BCUT2D eigenvalue weighted by atomic mass is 79.9. The number of hydrogen-bond donors (Lipinski definition) is 1. The molecule has 0 radical (unpaired) electrons. The second kappa shape index (κ2) is 7.77. The molecule has 1 heterocycles. The lowest BCUT2D eigenvalue weighted by molar-refractivity contribution is 0.418. The minimum Gasteiger partial charge on any atom is -0.309 e. The van der Waals surface area contributed by atoms with E-state index < -0.39 is 0 Å². The third-order valence-electron chi connectivity index (χ3n) is 3.43. The number of nitrogens with one attached hydrogen (secondary N) is 1. The lowest BCUT2D eigenvalue weighted by atomic mass is 10.0. The van der Waals surface area contributed by atoms with Crippen molar-refractivity contribution in [3.63, 3.8) is 0 Å². The van der Waals surface area contributed by atoms with E-state index >= 15 is 0 Å². The molecule has 4 heteroatoms. The number of rotatable bonds is 6. The molecule has 0 spiro atoms. The predicted molar refractivity (Wildman–Crippen MR) is 98.3 cm³/mol. The molecule has 21 heavy (non-hydrogen) atoms. The molecule has 0 aliphatic heterocycles. The summed E-state index contributed by atoms with van der Waals surface area (Å²) in [5.41, 5.74) is 1.16. The fourth-order valence-corrected chi connectivity index (χ4v) is 4.40. The molecule has 0 aliphatic carbocycles. The van der Waals surface area contributed by atoms with Gasteiger partial charge in [0, 0.05) is 25.8 Å². The maximum atomic E-state index is 6.20. The summed E-state index contributed by atoms with van der Waals surface area (Å²) in [7, 11) is 0. The maximum Gasteiger partial charge on any atom is 0.0554 e. The van der Waals surface area contributed by atoms with Crippen LogP contribution in [-0.4, -0.2) is 6.54 Å². The van der Waals surface area contributed by atoms with Gasteiger partial charge in [-0.15, -0.1) is 11.3 Å². The van der Waals surface area contributed by atoms with Gasteiger partial charge >= 0.3 is 0 Å². The van der Waals surface area contributed by atoms with Crippen LogP contribution in [0.15, 0.2) is 34.8 Å². The maximum absolute atomic E-state index is 6.20. The minimum absolute atomic E-state index is 0.418. The lowest BCUT2D eigenvalue weighted by Crippen LogP contribution is -2.25. The van der Waals surface area contributed by atoms with Crippen LogP contribution in [0.2, 0.25) is 5.02 Å². The van der Waals surface area contributed by atoms with E-state index in [-0.39, 0.29) is 0 Å². The summed E-state index contributed by atoms with van der Waals surface area (Å²) in [5, 5.41) is 4.41. The van der Waals surface area contributed by atoms with E-state index in [0.717, 1.165) is 28.0 Å². The van der Waals surface area contributed by atoms with Crippen LogP contribution in [0.4, 0.5) is 0 Å². The molecule has 0 amide bonds. The molecule has 2 aromatic rings. The fraction of sp³-hybridized carbons (Fsp3) is 0.412. The van der Waals surface area contributed by atoms with Crippen molar-refractivity contribution in [3.8, 4) is 10.4 Å². The quantitative estimate of drug-likeness (QED) is 0.595. The van der Waals surface area contributed by atoms with E-state index in [4.69, 9.17) is 11.6 Å². The monoisotopic (exact) mass is 385 g/mol. The standard InChI is InChI=1S/C17H21BrClNS/c1-4-10-20-17(11(2)3)15-9-8-14(21-15)12-6-5-7-13(19)16(12)18/h5-9,11,17,20H,4,10H2,1-3H3. The van der Waals surface area contributed by atoms with Gasteiger partial charge in [0.05, 0.1) is 5.02 Å². The summed E-state index contributed by atoms with van der Waals surface area (Å²) in [5.74, 6) is 0.575. The molecular weight excluding hydrogens is 366 g/mol. The van der Waals surface area contributed by atoms with Crippen LogP contribution in [0.3, 0.4) is 0 Å². The molecule has 1 atom stereocenters. The summed E-state index contributed by atoms with van der Waals surface area (Å²) < 4.78 is 0.975. The molecule has 0 aliphatic rings. The molecular formula is C17H21BrClNS. The zero-order valence-electron chi connectivity index (χ0n) is 12.6. The summed E-state index contributed by atoms with van der Waals surface area (Å²) in [6, 6.07) is 10.9. The molecule has 0 fully saturated rings. The third kappa shape index (κ3) is 4.10. The van der Waals surface area contributed by atoms with Crippen LogP contribution >= 0.6 is 38.9 Å². The van der Waals surface area contributed by atoms with Crippen LogP contribution in [0, 0.1) is 5.92 Å². The first kappa shape index (κ1) is 17.0. The molecule has 0 saturated heterocycles. The number of benzene rings is 1. The van der Waals surface area contributed by atoms with Crippen molar-refractivity contribution >= 4 is 38.9 Å². The molecule has 1 aromatic carbocycles. The number of hydrogen-bond acceptors (Lipinski definition) is 2. The highest BCUT2D eigenvalue weighted by Crippen LogP contribution is 2.39. The van der Waals surface area contributed by atoms with Gasteiger partial charge in [-0.25, -0.2) is 0 Å². The van der Waals surface area contributed by atoms with E-state index in [1.165, 1.54) is 9.75 Å². The van der Waals surface area contributed by atoms with Gasteiger partial charge < -0.3 is 5.32 Å². The first-order valence-electron chi connectivity index (χ1n) is 7.32. The van der Waals surface area contributed by atoms with E-state index in [2.05, 4.69) is 60.2 Å². The minimum atomic E-state index is 0.418. The lowest BCUT2D eigenvalue weighted by Gasteiger charge is -2.21. The van der Waals surface area contributed by atoms with Crippen LogP contribution < -0.4 is 5.32 Å². The van der Waals surface area contributed by atoms with Crippen LogP contribution in [0.1, 0.15) is 38.1 Å². The van der Waals surface area contributed by atoms with Gasteiger partial charge in [0.15, 0.2) is 0 Å². The highest BCUT2D eigenvalue weighted by molar-refractivity contribution is 9.10. The normalized spacial score (nSPS) is 12.9. The van der Waals surface area contributed by atoms with Crippen molar-refractivity contribution in [2.75, 3.05) is 6.54 Å². The molecule has 0 bridgehead atoms. The summed E-state index contributed by atoms with van der Waals surface area (Å²) >= 11 is 11.6. The molecule has 1 nitrogen and oxygen atoms in total. The second-order valence-electron chi connectivity index (χ2n) is 5.48. The highest BCUT2D eigenvalue weighted by Gasteiger charge is 2.18. The summed E-state index contributed by atoms with van der Waals surface area (Å²) in [6.07, 6.45) is 1.15. The summed E-state index contributed by atoms with van der Waals surface area (Å²) in [4.78, 5) is 2.64. The Bertz CT molecular complexity index is 594. The second-order valence-corrected chi connectivity index (χ2v) is 7.79. The van der Waals surface area contributed by atoms with Gasteiger partial charge in [0.25, 0.3) is 0 Å². The third-order valence-corrected chi connectivity index (χ3v) is 6.03. The Kier molecular flexibility index (Phi) is 6.30. The van der Waals surface area contributed by atoms with Crippen molar-refractivity contribution in [1.82, 2.24) is 5.32 Å². The van der Waals surface area contributed by atoms with Gasteiger partial charge in [-0.3, -0.25) is 0 Å². The first-order chi connectivity index (χ1) is 10.0. The SMILES string of the molecule is CCCNC(c1ccc(-c2cccc(Cl)c2Br)s1)C(C)C. The molecule has 1 N–H and O–H groups in total. The average molecular weight is 387 g/mol. The molecule has 2 rings (SSSR count). The zero-order chi connectivity index (χ0) is 15.4. The Labute approximate surface area is 144 Å². The molecule has 114 valence electrons. The van der Waals surface area contributed by atoms with Crippen molar-refractivity contribution < 1.29 is 0 Å². The van der Waals surface area contributed by atoms with E-state index in [9.17, 15) is 0 Å². The van der Waals surface area contributed by atoms with Gasteiger partial charge in [0.1, 0.15) is 0 Å². The Morgan fingerprint density at radius 3 is 2.67 bits per heavy atom. The zero-order valence-corrected chi connectivity index (χ0v) is 15.8. The van der Waals surface area contributed by atoms with E-state index in [0.29, 0.717) is 12.0 Å². The fourth-order valence-electron chi connectivity index (χ4n) is 2.32. The molecule has 1 unspecified atom stereocenters. The number of halogens is 2. The average Bonchev–Trinajstić information content (AvgIpc) is 2.91.